The van der Waals surface area contributed by atoms with Crippen LogP contribution in [0.2, 0.25) is 0 Å². The fourth-order valence-corrected chi connectivity index (χ4v) is 3.81. The molecule has 1 N–H and O–H groups in total. The summed E-state index contributed by atoms with van der Waals surface area (Å²) in [5.41, 5.74) is 0.826. The van der Waals surface area contributed by atoms with Gasteiger partial charge in [-0.15, -0.1) is 10.2 Å². The molecule has 2 aromatic rings. The van der Waals surface area contributed by atoms with Crippen LogP contribution in [0.5, 0.6) is 0 Å². The third-order valence-corrected chi connectivity index (χ3v) is 5.09. The number of aromatic nitrogens is 3. The smallest absolute Gasteiger partial charge is 0.231 e. The molecule has 2 aliphatic rings. The Morgan fingerprint density at radius 3 is 2.58 bits per heavy atom. The lowest BCUT2D eigenvalue weighted by Gasteiger charge is -2.24. The largest absolute Gasteiger partial charge is 0.353 e. The highest BCUT2D eigenvalue weighted by Crippen LogP contribution is 2.31. The van der Waals surface area contributed by atoms with Gasteiger partial charge in [0.15, 0.2) is 5.82 Å². The number of amides is 1. The summed E-state index contributed by atoms with van der Waals surface area (Å²) in [6, 6.07) is 6.56. The maximum Gasteiger partial charge on any atom is 0.231 e. The second-order valence-electron chi connectivity index (χ2n) is 6.73. The van der Waals surface area contributed by atoms with Gasteiger partial charge in [-0.3, -0.25) is 4.79 Å². The second kappa shape index (κ2) is 6.34. The molecule has 4 rings (SSSR count). The quantitative estimate of drug-likeness (QED) is 0.942. The summed E-state index contributed by atoms with van der Waals surface area (Å²) in [7, 11) is 0. The minimum atomic E-state index is -0.272. The number of rotatable bonds is 3. The third kappa shape index (κ3) is 2.81. The van der Waals surface area contributed by atoms with Gasteiger partial charge in [0.25, 0.3) is 0 Å². The van der Waals surface area contributed by atoms with Crippen molar-refractivity contribution in [1.82, 2.24) is 20.1 Å². The van der Waals surface area contributed by atoms with E-state index in [0.29, 0.717) is 11.9 Å². The zero-order valence-electron chi connectivity index (χ0n) is 13.5. The molecule has 1 aliphatic carbocycles. The summed E-state index contributed by atoms with van der Waals surface area (Å²) < 4.78 is 15.1. The average molecular weight is 328 g/mol. The first-order valence-corrected chi connectivity index (χ1v) is 8.72. The van der Waals surface area contributed by atoms with Crippen LogP contribution in [-0.2, 0) is 11.3 Å². The third-order valence-electron chi connectivity index (χ3n) is 5.09. The Hall–Kier alpha value is -2.24. The summed E-state index contributed by atoms with van der Waals surface area (Å²) >= 11 is 0. The van der Waals surface area contributed by atoms with E-state index in [9.17, 15) is 9.18 Å². The first-order valence-electron chi connectivity index (χ1n) is 8.72. The monoisotopic (exact) mass is 328 g/mol. The molecule has 1 aromatic heterocycles. The zero-order chi connectivity index (χ0) is 16.5. The van der Waals surface area contributed by atoms with E-state index < -0.39 is 0 Å². The van der Waals surface area contributed by atoms with Gasteiger partial charge in [-0.05, 0) is 49.9 Å². The molecule has 0 spiro atoms. The van der Waals surface area contributed by atoms with Gasteiger partial charge in [0.2, 0.25) is 5.91 Å². The predicted octanol–water partition coefficient (Wildman–Crippen LogP) is 3.02. The average Bonchev–Trinajstić information content (AvgIpc) is 3.24. The van der Waals surface area contributed by atoms with Crippen LogP contribution in [0.1, 0.15) is 50.3 Å². The number of carbonyl (C=O) groups excluding carboxylic acids is 1. The van der Waals surface area contributed by atoms with Gasteiger partial charge in [0.1, 0.15) is 11.6 Å². The molecule has 126 valence electrons. The molecule has 0 saturated heterocycles. The fourth-order valence-electron chi connectivity index (χ4n) is 3.81. The number of benzene rings is 1. The van der Waals surface area contributed by atoms with Crippen LogP contribution in [0, 0.1) is 5.82 Å². The van der Waals surface area contributed by atoms with Crippen molar-refractivity contribution in [1.29, 1.82) is 0 Å². The molecule has 0 bridgehead atoms. The summed E-state index contributed by atoms with van der Waals surface area (Å²) in [6.07, 6.45) is 6.26. The molecule has 2 heterocycles. The molecule has 5 nitrogen and oxygen atoms in total. The highest BCUT2D eigenvalue weighted by atomic mass is 19.1. The van der Waals surface area contributed by atoms with Gasteiger partial charge < -0.3 is 9.88 Å². The lowest BCUT2D eigenvalue weighted by atomic mass is 9.97. The molecule has 1 atom stereocenters. The normalized spacial score (nSPS) is 20.8. The maximum atomic E-state index is 13.1. The molecule has 24 heavy (non-hydrogen) atoms. The standard InChI is InChI=1S/C18H21FN4O/c19-13-9-7-12(8-10-13)16-21-22-17-15(6-3-11-23(16)17)18(24)20-14-4-1-2-5-14/h7-10,14-15H,1-6,11H2,(H,20,24). The van der Waals surface area contributed by atoms with E-state index >= 15 is 0 Å². The number of nitrogens with zero attached hydrogens (tertiary/aromatic N) is 3. The highest BCUT2D eigenvalue weighted by molar-refractivity contribution is 5.83. The van der Waals surface area contributed by atoms with Crippen molar-refractivity contribution in [3.05, 3.63) is 35.9 Å². The lowest BCUT2D eigenvalue weighted by Crippen LogP contribution is -2.38. The second-order valence-corrected chi connectivity index (χ2v) is 6.73. The van der Waals surface area contributed by atoms with Crippen molar-refractivity contribution >= 4 is 5.91 Å². The molecular weight excluding hydrogens is 307 g/mol. The topological polar surface area (TPSA) is 59.8 Å². The fraction of sp³-hybridized carbons (Fsp3) is 0.500. The van der Waals surface area contributed by atoms with Gasteiger partial charge in [0.05, 0.1) is 5.92 Å². The Morgan fingerprint density at radius 1 is 1.08 bits per heavy atom. The van der Waals surface area contributed by atoms with E-state index in [2.05, 4.69) is 15.5 Å². The number of carbonyl (C=O) groups is 1. The van der Waals surface area contributed by atoms with Crippen molar-refractivity contribution in [2.45, 2.75) is 57.0 Å². The number of hydrogen-bond acceptors (Lipinski definition) is 3. The zero-order valence-corrected chi connectivity index (χ0v) is 13.5. The Labute approximate surface area is 140 Å². The van der Waals surface area contributed by atoms with E-state index in [1.165, 1.54) is 25.0 Å². The van der Waals surface area contributed by atoms with E-state index in [1.807, 2.05) is 4.57 Å². The molecular formula is C18H21FN4O. The summed E-state index contributed by atoms with van der Waals surface area (Å²) in [6.45, 7) is 0.794. The Balaban J connectivity index is 1.59. The van der Waals surface area contributed by atoms with Crippen LogP contribution in [0.15, 0.2) is 24.3 Å². The predicted molar refractivity (Wildman–Crippen MR) is 87.8 cm³/mol. The van der Waals surface area contributed by atoms with Gasteiger partial charge in [-0.1, -0.05) is 12.8 Å². The van der Waals surface area contributed by atoms with Gasteiger partial charge >= 0.3 is 0 Å². The lowest BCUT2D eigenvalue weighted by molar-refractivity contribution is -0.123. The molecule has 6 heteroatoms. The first kappa shape index (κ1) is 15.3. The Bertz CT molecular complexity index is 734. The molecule has 1 saturated carbocycles. The molecule has 1 aromatic carbocycles. The molecule has 1 aliphatic heterocycles. The summed E-state index contributed by atoms with van der Waals surface area (Å²) in [4.78, 5) is 12.7. The van der Waals surface area contributed by atoms with Crippen molar-refractivity contribution in [3.8, 4) is 11.4 Å². The number of fused-ring (bicyclic) bond motifs is 1. The van der Waals surface area contributed by atoms with Gasteiger partial charge in [-0.2, -0.15) is 0 Å². The van der Waals surface area contributed by atoms with Crippen LogP contribution in [0.3, 0.4) is 0 Å². The van der Waals surface area contributed by atoms with E-state index in [4.69, 9.17) is 0 Å². The summed E-state index contributed by atoms with van der Waals surface area (Å²) in [5, 5.41) is 11.7. The minimum absolute atomic E-state index is 0.0703. The molecule has 0 radical (unpaired) electrons. The minimum Gasteiger partial charge on any atom is -0.353 e. The number of hydrogen-bond donors (Lipinski definition) is 1. The Morgan fingerprint density at radius 2 is 1.83 bits per heavy atom. The van der Waals surface area contributed by atoms with Crippen molar-refractivity contribution < 1.29 is 9.18 Å². The highest BCUT2D eigenvalue weighted by Gasteiger charge is 2.32. The number of nitrogens with one attached hydrogen (secondary N) is 1. The summed E-state index contributed by atoms with van der Waals surface area (Å²) in [5.74, 6) is 1.01. The number of halogens is 1. The van der Waals surface area contributed by atoms with Gasteiger partial charge in [0, 0.05) is 18.2 Å². The van der Waals surface area contributed by atoms with Crippen LogP contribution in [-0.4, -0.2) is 26.7 Å². The first-order chi connectivity index (χ1) is 11.7. The molecule has 1 amide bonds. The van der Waals surface area contributed by atoms with E-state index in [1.54, 1.807) is 12.1 Å². The molecule has 1 fully saturated rings. The van der Waals surface area contributed by atoms with Crippen molar-refractivity contribution in [2.75, 3.05) is 0 Å². The van der Waals surface area contributed by atoms with Crippen LogP contribution >= 0.6 is 0 Å². The SMILES string of the molecule is O=C(NC1CCCC1)C1CCCn2c(-c3ccc(F)cc3)nnc21. The maximum absolute atomic E-state index is 13.1. The van der Waals surface area contributed by atoms with Crippen LogP contribution in [0.25, 0.3) is 11.4 Å². The van der Waals surface area contributed by atoms with Crippen LogP contribution in [0.4, 0.5) is 4.39 Å². The van der Waals surface area contributed by atoms with E-state index in [-0.39, 0.29) is 17.6 Å². The van der Waals surface area contributed by atoms with Crippen LogP contribution < -0.4 is 5.32 Å². The van der Waals surface area contributed by atoms with Gasteiger partial charge in [-0.25, -0.2) is 4.39 Å². The Kier molecular flexibility index (Phi) is 4.04. The van der Waals surface area contributed by atoms with E-state index in [0.717, 1.165) is 43.6 Å². The van der Waals surface area contributed by atoms with Crippen molar-refractivity contribution in [3.63, 3.8) is 0 Å². The van der Waals surface area contributed by atoms with Crippen molar-refractivity contribution in [2.24, 2.45) is 0 Å². The molecule has 1 unspecified atom stereocenters.